The summed E-state index contributed by atoms with van der Waals surface area (Å²) in [6.07, 6.45) is 18.5. The zero-order valence-corrected chi connectivity index (χ0v) is 16.3. The van der Waals surface area contributed by atoms with Crippen molar-refractivity contribution in [2.45, 2.75) is 13.8 Å². The van der Waals surface area contributed by atoms with E-state index in [1.54, 1.807) is 24.6 Å². The van der Waals surface area contributed by atoms with E-state index < -0.39 is 0 Å². The largest absolute Gasteiger partial charge is 0.324 e. The van der Waals surface area contributed by atoms with Crippen molar-refractivity contribution in [3.05, 3.63) is 129 Å². The van der Waals surface area contributed by atoms with Crippen molar-refractivity contribution in [2.24, 2.45) is 4.99 Å². The number of hydrogen-bond donors (Lipinski definition) is 0. The van der Waals surface area contributed by atoms with Crippen LogP contribution in [0.4, 0.5) is 0 Å². The minimum absolute atomic E-state index is 0.870. The van der Waals surface area contributed by atoms with E-state index in [1.165, 1.54) is 0 Å². The molecule has 138 valence electrons. The van der Waals surface area contributed by atoms with Gasteiger partial charge in [0, 0.05) is 29.9 Å². The second-order valence-electron chi connectivity index (χ2n) is 5.54. The standard InChI is InChI=1S/C25H28N2/c1-7-12-18-27(11-5)24(10-4)19-21(6)22-15-13-16-23(20-22)25(14-8-2)26-17-9-3/h7-20H,1,4-6H2,2-3H3/b14-8-,17-9-,18-12-,24-19-,26-25+. The lowest BCUT2D eigenvalue weighted by atomic mass is 10.0. The van der Waals surface area contributed by atoms with Gasteiger partial charge in [-0.15, -0.1) is 0 Å². The van der Waals surface area contributed by atoms with Crippen molar-refractivity contribution in [3.8, 4) is 0 Å². The molecule has 0 amide bonds. The fourth-order valence-corrected chi connectivity index (χ4v) is 2.31. The summed E-state index contributed by atoms with van der Waals surface area (Å²) < 4.78 is 0. The third-order valence-electron chi connectivity index (χ3n) is 3.63. The van der Waals surface area contributed by atoms with E-state index >= 15 is 0 Å². The molecule has 0 unspecified atom stereocenters. The molecule has 0 bridgehead atoms. The van der Waals surface area contributed by atoms with Crippen LogP contribution in [0.25, 0.3) is 5.57 Å². The van der Waals surface area contributed by atoms with E-state index in [2.05, 4.69) is 37.4 Å². The number of benzene rings is 1. The molecule has 1 aromatic carbocycles. The van der Waals surface area contributed by atoms with E-state index in [4.69, 9.17) is 0 Å². The molecule has 0 saturated heterocycles. The Hall–Kier alpha value is -3.39. The molecule has 0 radical (unpaired) electrons. The molecule has 0 fully saturated rings. The minimum Gasteiger partial charge on any atom is -0.324 e. The number of allylic oxidation sites excluding steroid dienone is 8. The first-order valence-corrected chi connectivity index (χ1v) is 8.76. The maximum Gasteiger partial charge on any atom is 0.0698 e. The molecule has 0 aliphatic rings. The molecule has 0 aliphatic carbocycles. The van der Waals surface area contributed by atoms with E-state index in [0.29, 0.717) is 0 Å². The van der Waals surface area contributed by atoms with Crippen LogP contribution in [0.1, 0.15) is 25.0 Å². The maximum absolute atomic E-state index is 4.50. The fourth-order valence-electron chi connectivity index (χ4n) is 2.31. The molecule has 27 heavy (non-hydrogen) atoms. The highest BCUT2D eigenvalue weighted by atomic mass is 15.1. The van der Waals surface area contributed by atoms with E-state index in [-0.39, 0.29) is 0 Å². The van der Waals surface area contributed by atoms with Gasteiger partial charge in [0.05, 0.1) is 5.71 Å². The highest BCUT2D eigenvalue weighted by Gasteiger charge is 2.05. The topological polar surface area (TPSA) is 15.6 Å². The molecule has 0 atom stereocenters. The summed E-state index contributed by atoms with van der Waals surface area (Å²) in [7, 11) is 0. The summed E-state index contributed by atoms with van der Waals surface area (Å²) in [4.78, 5) is 6.37. The summed E-state index contributed by atoms with van der Waals surface area (Å²) in [5.41, 5.74) is 4.69. The predicted octanol–water partition coefficient (Wildman–Crippen LogP) is 6.81. The van der Waals surface area contributed by atoms with Gasteiger partial charge >= 0.3 is 0 Å². The van der Waals surface area contributed by atoms with Crippen LogP contribution in [0.15, 0.2) is 122 Å². The Morgan fingerprint density at radius 1 is 1.07 bits per heavy atom. The Balaban J connectivity index is 3.27. The van der Waals surface area contributed by atoms with Crippen LogP contribution in [0.2, 0.25) is 0 Å². The lowest BCUT2D eigenvalue weighted by Gasteiger charge is -2.17. The average molecular weight is 357 g/mol. The Morgan fingerprint density at radius 3 is 2.41 bits per heavy atom. The number of nitrogens with zero attached hydrogens (tertiary/aromatic N) is 2. The van der Waals surface area contributed by atoms with Crippen molar-refractivity contribution in [1.29, 1.82) is 0 Å². The second kappa shape index (κ2) is 12.0. The summed E-state index contributed by atoms with van der Waals surface area (Å²) in [6, 6.07) is 8.17. The first kappa shape index (κ1) is 21.7. The molecule has 0 aromatic heterocycles. The van der Waals surface area contributed by atoms with Crippen molar-refractivity contribution in [1.82, 2.24) is 4.90 Å². The summed E-state index contributed by atoms with van der Waals surface area (Å²) >= 11 is 0. The quantitative estimate of drug-likeness (QED) is 0.332. The fraction of sp³-hybridized carbons (Fsp3) is 0.0800. The lowest BCUT2D eigenvalue weighted by molar-refractivity contribution is 0.654. The Bertz CT molecular complexity index is 830. The average Bonchev–Trinajstić information content (AvgIpc) is 2.70. The van der Waals surface area contributed by atoms with E-state index in [9.17, 15) is 0 Å². The number of aliphatic imine (C=N–C) groups is 1. The summed E-state index contributed by atoms with van der Waals surface area (Å²) in [5, 5.41) is 0. The van der Waals surface area contributed by atoms with Crippen LogP contribution in [0.5, 0.6) is 0 Å². The van der Waals surface area contributed by atoms with Crippen LogP contribution in [0.3, 0.4) is 0 Å². The van der Waals surface area contributed by atoms with Crippen LogP contribution < -0.4 is 0 Å². The zero-order chi connectivity index (χ0) is 20.1. The van der Waals surface area contributed by atoms with E-state index in [0.717, 1.165) is 28.1 Å². The lowest BCUT2D eigenvalue weighted by Crippen LogP contribution is -2.06. The number of hydrogen-bond acceptors (Lipinski definition) is 2. The smallest absolute Gasteiger partial charge is 0.0698 e. The molecule has 0 heterocycles. The molecule has 0 saturated carbocycles. The van der Waals surface area contributed by atoms with Gasteiger partial charge in [-0.3, -0.25) is 4.99 Å². The normalized spacial score (nSPS) is 12.7. The van der Waals surface area contributed by atoms with Gasteiger partial charge in [0.15, 0.2) is 0 Å². The summed E-state index contributed by atoms with van der Waals surface area (Å²) in [5.74, 6) is 0. The molecule has 0 aliphatic heterocycles. The molecule has 2 nitrogen and oxygen atoms in total. The molecule has 0 N–H and O–H groups in total. The minimum atomic E-state index is 0.870. The van der Waals surface area contributed by atoms with Crippen molar-refractivity contribution in [3.63, 3.8) is 0 Å². The van der Waals surface area contributed by atoms with Crippen molar-refractivity contribution >= 4 is 11.3 Å². The van der Waals surface area contributed by atoms with Crippen molar-refractivity contribution in [2.75, 3.05) is 0 Å². The van der Waals surface area contributed by atoms with Gasteiger partial charge in [0.1, 0.15) is 0 Å². The molecule has 0 spiro atoms. The predicted molar refractivity (Wildman–Crippen MR) is 121 cm³/mol. The third kappa shape index (κ3) is 6.79. The summed E-state index contributed by atoms with van der Waals surface area (Å²) in [6.45, 7) is 19.6. The molecule has 2 heteroatoms. The molecular formula is C25H28N2. The molecule has 1 aromatic rings. The molecular weight excluding hydrogens is 328 g/mol. The third-order valence-corrected chi connectivity index (χ3v) is 3.63. The van der Waals surface area contributed by atoms with Gasteiger partial charge in [-0.1, -0.05) is 62.7 Å². The first-order valence-electron chi connectivity index (χ1n) is 8.76. The monoisotopic (exact) mass is 356 g/mol. The number of rotatable bonds is 10. The van der Waals surface area contributed by atoms with Gasteiger partial charge in [-0.2, -0.15) is 0 Å². The molecule has 1 rings (SSSR count). The highest BCUT2D eigenvalue weighted by molar-refractivity contribution is 6.09. The van der Waals surface area contributed by atoms with Gasteiger partial charge in [0.25, 0.3) is 0 Å². The van der Waals surface area contributed by atoms with Gasteiger partial charge < -0.3 is 4.90 Å². The Kier molecular flexibility index (Phi) is 9.66. The maximum atomic E-state index is 4.50. The van der Waals surface area contributed by atoms with Crippen LogP contribution in [-0.2, 0) is 0 Å². The van der Waals surface area contributed by atoms with Crippen LogP contribution in [0, 0.1) is 0 Å². The van der Waals surface area contributed by atoms with Gasteiger partial charge in [0.2, 0.25) is 0 Å². The highest BCUT2D eigenvalue weighted by Crippen LogP contribution is 2.20. The Labute approximate surface area is 164 Å². The zero-order valence-electron chi connectivity index (χ0n) is 16.3. The SMILES string of the molecule is C=C/C=C\N(C=C)/C(C=C)=C\C(=C)c1cccc(C(/C=C\C)=N/C=C\C)c1. The van der Waals surface area contributed by atoms with Gasteiger partial charge in [-0.05, 0) is 55.4 Å². The van der Waals surface area contributed by atoms with Crippen molar-refractivity contribution < 1.29 is 0 Å². The first-order chi connectivity index (χ1) is 13.1. The van der Waals surface area contributed by atoms with E-state index in [1.807, 2.05) is 73.5 Å². The van der Waals surface area contributed by atoms with Crippen LogP contribution in [-0.4, -0.2) is 10.6 Å². The second-order valence-corrected chi connectivity index (χ2v) is 5.54. The van der Waals surface area contributed by atoms with Crippen LogP contribution >= 0.6 is 0 Å². The van der Waals surface area contributed by atoms with Gasteiger partial charge in [-0.25, -0.2) is 0 Å². The Morgan fingerprint density at radius 2 is 1.81 bits per heavy atom.